The predicted octanol–water partition coefficient (Wildman–Crippen LogP) is 3.00. The SMILES string of the molecule is CCCOC(=O)c1cc(I)ccc1F. The van der Waals surface area contributed by atoms with Crippen LogP contribution in [0.3, 0.4) is 0 Å². The minimum Gasteiger partial charge on any atom is -0.462 e. The lowest BCUT2D eigenvalue weighted by molar-refractivity contribution is 0.0499. The third kappa shape index (κ3) is 2.94. The number of esters is 1. The Balaban J connectivity index is 2.83. The van der Waals surface area contributed by atoms with Gasteiger partial charge in [0.05, 0.1) is 12.2 Å². The molecule has 1 aromatic carbocycles. The van der Waals surface area contributed by atoms with Gasteiger partial charge in [-0.25, -0.2) is 9.18 Å². The van der Waals surface area contributed by atoms with E-state index in [0.29, 0.717) is 6.61 Å². The fourth-order valence-corrected chi connectivity index (χ4v) is 1.42. The van der Waals surface area contributed by atoms with Crippen molar-refractivity contribution in [2.75, 3.05) is 6.61 Å². The van der Waals surface area contributed by atoms with Gasteiger partial charge in [-0.2, -0.15) is 0 Å². The molecular weight excluding hydrogens is 298 g/mol. The molecule has 0 aliphatic rings. The molecule has 0 radical (unpaired) electrons. The molecule has 0 aliphatic heterocycles. The van der Waals surface area contributed by atoms with Gasteiger partial charge in [-0.1, -0.05) is 6.92 Å². The zero-order chi connectivity index (χ0) is 10.6. The minimum absolute atomic E-state index is 0.00495. The largest absolute Gasteiger partial charge is 0.462 e. The first kappa shape index (κ1) is 11.4. The maximum atomic E-state index is 13.1. The number of rotatable bonds is 3. The molecule has 0 saturated heterocycles. The maximum absolute atomic E-state index is 13.1. The molecule has 76 valence electrons. The summed E-state index contributed by atoms with van der Waals surface area (Å²) in [4.78, 5) is 11.3. The summed E-state index contributed by atoms with van der Waals surface area (Å²) in [5.74, 6) is -1.13. The summed E-state index contributed by atoms with van der Waals surface area (Å²) in [6.45, 7) is 2.21. The Hall–Kier alpha value is -0.650. The zero-order valence-electron chi connectivity index (χ0n) is 7.72. The Bertz CT molecular complexity index is 339. The molecule has 0 amide bonds. The van der Waals surface area contributed by atoms with E-state index in [1.807, 2.05) is 29.5 Å². The predicted molar refractivity (Wildman–Crippen MR) is 59.7 cm³/mol. The Morgan fingerprint density at radius 1 is 1.57 bits per heavy atom. The van der Waals surface area contributed by atoms with Crippen molar-refractivity contribution in [2.24, 2.45) is 0 Å². The minimum atomic E-state index is -0.595. The number of hydrogen-bond donors (Lipinski definition) is 0. The Morgan fingerprint density at radius 3 is 2.93 bits per heavy atom. The molecule has 0 N–H and O–H groups in total. The quantitative estimate of drug-likeness (QED) is 0.634. The third-order valence-electron chi connectivity index (χ3n) is 1.59. The van der Waals surface area contributed by atoms with E-state index in [1.165, 1.54) is 12.1 Å². The first-order valence-corrected chi connectivity index (χ1v) is 5.35. The molecule has 0 aromatic heterocycles. The summed E-state index contributed by atoms with van der Waals surface area (Å²) < 4.78 is 18.8. The van der Waals surface area contributed by atoms with E-state index in [4.69, 9.17) is 4.74 Å². The summed E-state index contributed by atoms with van der Waals surface area (Å²) in [5, 5.41) is 0. The molecule has 0 unspecified atom stereocenters. The zero-order valence-corrected chi connectivity index (χ0v) is 9.88. The smallest absolute Gasteiger partial charge is 0.341 e. The van der Waals surface area contributed by atoms with Crippen molar-refractivity contribution in [1.82, 2.24) is 0 Å². The van der Waals surface area contributed by atoms with Crippen LogP contribution in [0.2, 0.25) is 0 Å². The number of benzene rings is 1. The van der Waals surface area contributed by atoms with Crippen LogP contribution in [0.5, 0.6) is 0 Å². The van der Waals surface area contributed by atoms with Gasteiger partial charge in [-0.15, -0.1) is 0 Å². The molecule has 0 heterocycles. The van der Waals surface area contributed by atoms with Crippen LogP contribution in [0.15, 0.2) is 18.2 Å². The van der Waals surface area contributed by atoms with E-state index in [-0.39, 0.29) is 5.56 Å². The van der Waals surface area contributed by atoms with Crippen molar-refractivity contribution < 1.29 is 13.9 Å². The number of hydrogen-bond acceptors (Lipinski definition) is 2. The first-order chi connectivity index (χ1) is 6.65. The molecule has 2 nitrogen and oxygen atoms in total. The average Bonchev–Trinajstić information content (AvgIpc) is 2.18. The maximum Gasteiger partial charge on any atom is 0.341 e. The summed E-state index contributed by atoms with van der Waals surface area (Å²) in [7, 11) is 0. The van der Waals surface area contributed by atoms with Crippen LogP contribution in [0.1, 0.15) is 23.7 Å². The fraction of sp³-hybridized carbons (Fsp3) is 0.300. The summed E-state index contributed by atoms with van der Waals surface area (Å²) in [6.07, 6.45) is 0.733. The second-order valence-electron chi connectivity index (χ2n) is 2.76. The third-order valence-corrected chi connectivity index (χ3v) is 2.26. The Kier molecular flexibility index (Phi) is 4.31. The van der Waals surface area contributed by atoms with E-state index < -0.39 is 11.8 Å². The van der Waals surface area contributed by atoms with Crippen molar-refractivity contribution in [1.29, 1.82) is 0 Å². The van der Waals surface area contributed by atoms with Gasteiger partial charge < -0.3 is 4.74 Å². The second kappa shape index (κ2) is 5.29. The van der Waals surface area contributed by atoms with Crippen LogP contribution in [0.4, 0.5) is 4.39 Å². The molecule has 1 rings (SSSR count). The molecule has 0 saturated carbocycles. The van der Waals surface area contributed by atoms with Crippen LogP contribution >= 0.6 is 22.6 Å². The Labute approximate surface area is 95.6 Å². The van der Waals surface area contributed by atoms with Crippen LogP contribution in [-0.4, -0.2) is 12.6 Å². The van der Waals surface area contributed by atoms with Gasteiger partial charge in [0.2, 0.25) is 0 Å². The average molecular weight is 308 g/mol. The van der Waals surface area contributed by atoms with Gasteiger partial charge in [0.1, 0.15) is 5.82 Å². The van der Waals surface area contributed by atoms with Gasteiger partial charge >= 0.3 is 5.97 Å². The van der Waals surface area contributed by atoms with Crippen molar-refractivity contribution in [2.45, 2.75) is 13.3 Å². The molecule has 1 aromatic rings. The van der Waals surface area contributed by atoms with Crippen LogP contribution in [0, 0.1) is 9.39 Å². The van der Waals surface area contributed by atoms with E-state index >= 15 is 0 Å². The highest BCUT2D eigenvalue weighted by Gasteiger charge is 2.12. The highest BCUT2D eigenvalue weighted by molar-refractivity contribution is 14.1. The molecule has 14 heavy (non-hydrogen) atoms. The van der Waals surface area contributed by atoms with E-state index in [0.717, 1.165) is 9.99 Å². The molecule has 0 aliphatic carbocycles. The van der Waals surface area contributed by atoms with Crippen molar-refractivity contribution >= 4 is 28.6 Å². The number of carbonyl (C=O) groups excluding carboxylic acids is 1. The normalized spacial score (nSPS) is 9.93. The van der Waals surface area contributed by atoms with Crippen molar-refractivity contribution in [3.8, 4) is 0 Å². The van der Waals surface area contributed by atoms with Gasteiger partial charge in [0.25, 0.3) is 0 Å². The molecule has 0 atom stereocenters. The van der Waals surface area contributed by atoms with Crippen LogP contribution in [0.25, 0.3) is 0 Å². The number of halogens is 2. The number of carbonyl (C=O) groups is 1. The van der Waals surface area contributed by atoms with Crippen LogP contribution in [-0.2, 0) is 4.74 Å². The lowest BCUT2D eigenvalue weighted by Crippen LogP contribution is -2.08. The van der Waals surface area contributed by atoms with Gasteiger partial charge in [0.15, 0.2) is 0 Å². The standard InChI is InChI=1S/C10H10FIO2/c1-2-5-14-10(13)8-6-7(12)3-4-9(8)11/h3-4,6H,2,5H2,1H3. The van der Waals surface area contributed by atoms with Crippen molar-refractivity contribution in [3.63, 3.8) is 0 Å². The topological polar surface area (TPSA) is 26.3 Å². The fourth-order valence-electron chi connectivity index (χ4n) is 0.926. The van der Waals surface area contributed by atoms with Crippen molar-refractivity contribution in [3.05, 3.63) is 33.1 Å². The van der Waals surface area contributed by atoms with Crippen LogP contribution < -0.4 is 0 Å². The highest BCUT2D eigenvalue weighted by Crippen LogP contribution is 2.13. The van der Waals surface area contributed by atoms with Gasteiger partial charge in [0, 0.05) is 3.57 Å². The summed E-state index contributed by atoms with van der Waals surface area (Å²) in [6, 6.07) is 4.35. The van der Waals surface area contributed by atoms with Gasteiger partial charge in [-0.3, -0.25) is 0 Å². The second-order valence-corrected chi connectivity index (χ2v) is 4.01. The Morgan fingerprint density at radius 2 is 2.29 bits per heavy atom. The molecule has 4 heteroatoms. The lowest BCUT2D eigenvalue weighted by atomic mass is 10.2. The highest BCUT2D eigenvalue weighted by atomic mass is 127. The molecular formula is C10H10FIO2. The van der Waals surface area contributed by atoms with E-state index in [2.05, 4.69) is 0 Å². The molecule has 0 fully saturated rings. The summed E-state index contributed by atoms with van der Waals surface area (Å²) in [5.41, 5.74) is 0.00495. The first-order valence-electron chi connectivity index (χ1n) is 4.27. The van der Waals surface area contributed by atoms with E-state index in [9.17, 15) is 9.18 Å². The molecule has 0 bridgehead atoms. The number of ether oxygens (including phenoxy) is 1. The lowest BCUT2D eigenvalue weighted by Gasteiger charge is -2.04. The van der Waals surface area contributed by atoms with E-state index in [1.54, 1.807) is 6.07 Å². The van der Waals surface area contributed by atoms with Gasteiger partial charge in [-0.05, 0) is 47.2 Å². The summed E-state index contributed by atoms with van der Waals surface area (Å²) >= 11 is 2.02. The monoisotopic (exact) mass is 308 g/mol. The molecule has 0 spiro atoms.